The lowest BCUT2D eigenvalue weighted by Crippen LogP contribution is -2.39. The van der Waals surface area contributed by atoms with Gasteiger partial charge in [0.05, 0.1) is 5.92 Å². The molecule has 1 heterocycles. The molecule has 9 heteroatoms. The Bertz CT molecular complexity index is 307. The van der Waals surface area contributed by atoms with Gasteiger partial charge in [-0.15, -0.1) is 0 Å². The van der Waals surface area contributed by atoms with E-state index in [2.05, 4.69) is 5.32 Å². The van der Waals surface area contributed by atoms with Crippen LogP contribution in [0, 0.1) is 5.92 Å². The van der Waals surface area contributed by atoms with Crippen molar-refractivity contribution in [2.24, 2.45) is 5.92 Å². The van der Waals surface area contributed by atoms with Crippen LogP contribution in [0.15, 0.2) is 0 Å². The molecule has 0 aromatic rings. The Kier molecular flexibility index (Phi) is 7.65. The minimum Gasteiger partial charge on any atom is -0.481 e. The number of carboxylic acids is 3. The van der Waals surface area contributed by atoms with Crippen LogP contribution < -0.4 is 5.32 Å². The molecule has 0 spiro atoms. The molecule has 0 radical (unpaired) electrons. The fourth-order valence-corrected chi connectivity index (χ4v) is 1.33. The predicted molar refractivity (Wildman–Crippen MR) is 60.5 cm³/mol. The number of aliphatic hydroxyl groups is 2. The van der Waals surface area contributed by atoms with E-state index < -0.39 is 30.1 Å². The van der Waals surface area contributed by atoms with Gasteiger partial charge >= 0.3 is 17.9 Å². The topological polar surface area (TPSA) is 164 Å². The lowest BCUT2D eigenvalue weighted by molar-refractivity contribution is -0.165. The van der Waals surface area contributed by atoms with Crippen molar-refractivity contribution in [1.82, 2.24) is 5.32 Å². The van der Waals surface area contributed by atoms with E-state index in [0.29, 0.717) is 6.54 Å². The minimum absolute atomic E-state index is 0.140. The fraction of sp³-hybridized carbons (Fsp3) is 0.700. The van der Waals surface area contributed by atoms with Gasteiger partial charge in [0.25, 0.3) is 0 Å². The van der Waals surface area contributed by atoms with E-state index >= 15 is 0 Å². The first-order valence-electron chi connectivity index (χ1n) is 5.52. The highest BCUT2D eigenvalue weighted by atomic mass is 16.4. The Morgan fingerprint density at radius 2 is 1.47 bits per heavy atom. The zero-order chi connectivity index (χ0) is 15.0. The molecular formula is C10H17NO8. The summed E-state index contributed by atoms with van der Waals surface area (Å²) < 4.78 is 0. The summed E-state index contributed by atoms with van der Waals surface area (Å²) in [5.41, 5.74) is 0. The van der Waals surface area contributed by atoms with Gasteiger partial charge in [-0.1, -0.05) is 0 Å². The molecule has 0 amide bonds. The Hall–Kier alpha value is -1.71. The third kappa shape index (κ3) is 6.70. The summed E-state index contributed by atoms with van der Waals surface area (Å²) in [6.45, 7) is 1.62. The molecule has 1 rings (SSSR count). The van der Waals surface area contributed by atoms with Gasteiger partial charge in [0.1, 0.15) is 0 Å². The van der Waals surface area contributed by atoms with Crippen LogP contribution in [0.1, 0.15) is 12.8 Å². The number of aliphatic carboxylic acids is 3. The van der Waals surface area contributed by atoms with Crippen molar-refractivity contribution in [3.05, 3.63) is 0 Å². The summed E-state index contributed by atoms with van der Waals surface area (Å²) in [7, 11) is 0. The first-order valence-corrected chi connectivity index (χ1v) is 5.52. The standard InChI is InChI=1S/C6H11NO2.C4H6O6/c8-6(9)5-2-1-3-7-4-5;5-1(3(7)8)2(6)4(9)10/h5,7H,1-4H2,(H,8,9);1-2,5-6H,(H,7,8)(H,9,10). The van der Waals surface area contributed by atoms with E-state index in [9.17, 15) is 14.4 Å². The molecule has 6 N–H and O–H groups in total. The molecule has 0 aliphatic carbocycles. The third-order valence-electron chi connectivity index (χ3n) is 2.45. The summed E-state index contributed by atoms with van der Waals surface area (Å²) in [6, 6.07) is 0. The van der Waals surface area contributed by atoms with Gasteiger partial charge in [0.15, 0.2) is 12.2 Å². The highest BCUT2D eigenvalue weighted by molar-refractivity contribution is 5.83. The molecule has 1 aliphatic heterocycles. The number of aliphatic hydroxyl groups excluding tert-OH is 2. The van der Waals surface area contributed by atoms with Gasteiger partial charge in [-0.25, -0.2) is 9.59 Å². The normalized spacial score (nSPS) is 21.5. The van der Waals surface area contributed by atoms with Gasteiger partial charge < -0.3 is 30.8 Å². The second-order valence-electron chi connectivity index (χ2n) is 3.95. The first kappa shape index (κ1) is 17.3. The van der Waals surface area contributed by atoms with Crippen molar-refractivity contribution >= 4 is 17.9 Å². The molecule has 1 aliphatic rings. The molecule has 110 valence electrons. The van der Waals surface area contributed by atoms with Crippen LogP contribution >= 0.6 is 0 Å². The van der Waals surface area contributed by atoms with Gasteiger partial charge in [0, 0.05) is 6.54 Å². The maximum atomic E-state index is 10.3. The molecule has 9 nitrogen and oxygen atoms in total. The number of nitrogens with one attached hydrogen (secondary N) is 1. The second kappa shape index (κ2) is 8.40. The number of hydrogen-bond acceptors (Lipinski definition) is 6. The molecule has 1 saturated heterocycles. The van der Waals surface area contributed by atoms with Crippen molar-refractivity contribution in [1.29, 1.82) is 0 Å². The third-order valence-corrected chi connectivity index (χ3v) is 2.45. The number of hydrogen-bond donors (Lipinski definition) is 6. The molecule has 0 saturated carbocycles. The van der Waals surface area contributed by atoms with Crippen molar-refractivity contribution < 1.29 is 39.9 Å². The van der Waals surface area contributed by atoms with Crippen LogP contribution in [0.5, 0.6) is 0 Å². The maximum Gasteiger partial charge on any atom is 0.335 e. The Balaban J connectivity index is 0.000000342. The van der Waals surface area contributed by atoms with Gasteiger partial charge in [0.2, 0.25) is 0 Å². The summed E-state index contributed by atoms with van der Waals surface area (Å²) in [5.74, 6) is -4.34. The van der Waals surface area contributed by atoms with Gasteiger partial charge in [-0.05, 0) is 19.4 Å². The van der Waals surface area contributed by atoms with Crippen LogP contribution in [0.25, 0.3) is 0 Å². The van der Waals surface area contributed by atoms with Crippen LogP contribution in [0.3, 0.4) is 0 Å². The summed E-state index contributed by atoms with van der Waals surface area (Å²) in [5, 5.41) is 44.1. The Morgan fingerprint density at radius 3 is 1.68 bits per heavy atom. The Morgan fingerprint density at radius 1 is 1.00 bits per heavy atom. The van der Waals surface area contributed by atoms with E-state index in [1.165, 1.54) is 0 Å². The number of piperidine rings is 1. The number of rotatable bonds is 4. The minimum atomic E-state index is -2.27. The van der Waals surface area contributed by atoms with E-state index in [1.807, 2.05) is 0 Å². The van der Waals surface area contributed by atoms with Crippen molar-refractivity contribution in [2.75, 3.05) is 13.1 Å². The van der Waals surface area contributed by atoms with Crippen molar-refractivity contribution in [2.45, 2.75) is 25.0 Å². The molecule has 0 bridgehead atoms. The van der Waals surface area contributed by atoms with E-state index in [0.717, 1.165) is 19.4 Å². The van der Waals surface area contributed by atoms with E-state index in [-0.39, 0.29) is 5.92 Å². The summed E-state index contributed by atoms with van der Waals surface area (Å²) >= 11 is 0. The predicted octanol–water partition coefficient (Wildman–Crippen LogP) is -2.05. The monoisotopic (exact) mass is 279 g/mol. The van der Waals surface area contributed by atoms with Crippen LogP contribution in [-0.2, 0) is 14.4 Å². The molecule has 3 atom stereocenters. The van der Waals surface area contributed by atoms with Crippen LogP contribution in [-0.4, -0.2) is 68.7 Å². The van der Waals surface area contributed by atoms with Gasteiger partial charge in [-0.2, -0.15) is 0 Å². The van der Waals surface area contributed by atoms with E-state index in [4.69, 9.17) is 25.5 Å². The molecule has 1 fully saturated rings. The number of carboxylic acid groups (broad SMARTS) is 3. The highest BCUT2D eigenvalue weighted by Gasteiger charge is 2.29. The zero-order valence-electron chi connectivity index (χ0n) is 10.0. The SMILES string of the molecule is O=C(O)C(O)C(O)C(=O)O.O=C(O)C1CCCNC1. The lowest BCUT2D eigenvalue weighted by atomic mass is 10.0. The fourth-order valence-electron chi connectivity index (χ4n) is 1.33. The highest BCUT2D eigenvalue weighted by Crippen LogP contribution is 2.08. The van der Waals surface area contributed by atoms with Gasteiger partial charge in [-0.3, -0.25) is 4.79 Å². The smallest absolute Gasteiger partial charge is 0.335 e. The average molecular weight is 279 g/mol. The molecule has 0 aromatic heterocycles. The molecule has 0 aromatic carbocycles. The largest absolute Gasteiger partial charge is 0.481 e. The summed E-state index contributed by atoms with van der Waals surface area (Å²) in [4.78, 5) is 29.9. The lowest BCUT2D eigenvalue weighted by Gasteiger charge is -2.18. The zero-order valence-corrected chi connectivity index (χ0v) is 10.0. The van der Waals surface area contributed by atoms with Crippen molar-refractivity contribution in [3.8, 4) is 0 Å². The molecule has 19 heavy (non-hydrogen) atoms. The first-order chi connectivity index (χ1) is 8.77. The number of carbonyl (C=O) groups is 3. The second-order valence-corrected chi connectivity index (χ2v) is 3.95. The average Bonchev–Trinajstić information content (AvgIpc) is 2.38. The van der Waals surface area contributed by atoms with E-state index in [1.54, 1.807) is 0 Å². The quantitative estimate of drug-likeness (QED) is 0.339. The van der Waals surface area contributed by atoms with Crippen LogP contribution in [0.2, 0.25) is 0 Å². The molecular weight excluding hydrogens is 262 g/mol. The Labute approximate surface area is 108 Å². The molecule has 3 unspecified atom stereocenters. The maximum absolute atomic E-state index is 10.3. The van der Waals surface area contributed by atoms with Crippen LogP contribution in [0.4, 0.5) is 0 Å². The summed E-state index contributed by atoms with van der Waals surface area (Å²) in [6.07, 6.45) is -2.70. The van der Waals surface area contributed by atoms with Crippen molar-refractivity contribution in [3.63, 3.8) is 0 Å².